The van der Waals surface area contributed by atoms with Crippen LogP contribution in [0.2, 0.25) is 0 Å². The predicted octanol–water partition coefficient (Wildman–Crippen LogP) is -1.000. The van der Waals surface area contributed by atoms with Gasteiger partial charge in [-0.1, -0.05) is 26.0 Å². The first-order valence-corrected chi connectivity index (χ1v) is 14.8. The van der Waals surface area contributed by atoms with E-state index in [-0.39, 0.29) is 34.8 Å². The lowest BCUT2D eigenvalue weighted by Gasteiger charge is -2.38. The van der Waals surface area contributed by atoms with Crippen LogP contribution in [0, 0.1) is 11.8 Å². The number of benzene rings is 2. The molecule has 0 bridgehead atoms. The van der Waals surface area contributed by atoms with Crippen LogP contribution in [0.5, 0.6) is 23.0 Å². The van der Waals surface area contributed by atoms with Crippen LogP contribution in [0.3, 0.4) is 0 Å². The highest BCUT2D eigenvalue weighted by Crippen LogP contribution is 2.35. The number of hydrogen-bond donors (Lipinski definition) is 9. The van der Waals surface area contributed by atoms with E-state index in [2.05, 4.69) is 0 Å². The molecule has 47 heavy (non-hydrogen) atoms. The van der Waals surface area contributed by atoms with E-state index in [9.17, 15) is 55.5 Å². The smallest absolute Gasteiger partial charge is 0.335 e. The summed E-state index contributed by atoms with van der Waals surface area (Å²) in [5.74, 6) is -3.08. The normalized spacial score (nSPS) is 32.2. The predicted molar refractivity (Wildman–Crippen MR) is 157 cm³/mol. The van der Waals surface area contributed by atoms with Crippen LogP contribution >= 0.6 is 0 Å². The molecule has 12 atom stereocenters. The molecule has 260 valence electrons. The molecule has 9 N–H and O–H groups in total. The topological polar surface area (TPSA) is 262 Å². The summed E-state index contributed by atoms with van der Waals surface area (Å²) in [6.07, 6.45) is -16.9. The number of rotatable bonds is 12. The SMILES string of the molecule is COc1ccc(CC(C)C(C)Cc2ccc(O[C@H]3O[C@@H](C(=O)O)[C@H](O)[C@@H](O)[C@@H]3O)c(O)c2)cc1O[C@H]1O[C@@H](C(=O)O)[C@H](O)[C@@H](O)[C@@H]1O. The highest BCUT2D eigenvalue weighted by Gasteiger charge is 2.49. The Morgan fingerprint density at radius 1 is 0.660 bits per heavy atom. The Kier molecular flexibility index (Phi) is 11.5. The molecule has 2 aromatic carbocycles. The number of aliphatic hydroxyl groups excluding tert-OH is 6. The molecule has 0 aromatic heterocycles. The van der Waals surface area contributed by atoms with Crippen molar-refractivity contribution < 1.29 is 79.2 Å². The van der Waals surface area contributed by atoms with E-state index < -0.39 is 73.4 Å². The molecule has 0 amide bonds. The monoisotopic (exact) mass is 668 g/mol. The van der Waals surface area contributed by atoms with Crippen molar-refractivity contribution in [1.82, 2.24) is 0 Å². The zero-order chi connectivity index (χ0) is 34.7. The molecule has 16 heteroatoms. The van der Waals surface area contributed by atoms with E-state index in [0.29, 0.717) is 12.8 Å². The minimum Gasteiger partial charge on any atom is -0.504 e. The Labute approximate surface area is 268 Å². The van der Waals surface area contributed by atoms with Crippen LogP contribution < -0.4 is 14.2 Å². The summed E-state index contributed by atoms with van der Waals surface area (Å²) in [7, 11) is 1.39. The lowest BCUT2D eigenvalue weighted by molar-refractivity contribution is -0.271. The molecule has 2 heterocycles. The second-order valence-electron chi connectivity index (χ2n) is 11.9. The van der Waals surface area contributed by atoms with Gasteiger partial charge < -0.3 is 69.6 Å². The maximum absolute atomic E-state index is 11.5. The molecule has 2 fully saturated rings. The van der Waals surface area contributed by atoms with E-state index in [0.717, 1.165) is 11.1 Å². The highest BCUT2D eigenvalue weighted by molar-refractivity contribution is 5.74. The number of phenols is 1. The summed E-state index contributed by atoms with van der Waals surface area (Å²) < 4.78 is 26.8. The third-order valence-corrected chi connectivity index (χ3v) is 8.45. The van der Waals surface area contributed by atoms with Crippen molar-refractivity contribution in [3.8, 4) is 23.0 Å². The van der Waals surface area contributed by atoms with Gasteiger partial charge in [-0.2, -0.15) is 0 Å². The molecule has 2 aromatic rings. The number of aliphatic hydroxyl groups is 6. The minimum absolute atomic E-state index is 0.0561. The van der Waals surface area contributed by atoms with Gasteiger partial charge in [-0.3, -0.25) is 0 Å². The minimum atomic E-state index is -1.88. The first-order chi connectivity index (χ1) is 22.1. The number of aliphatic carboxylic acids is 2. The molecular weight excluding hydrogens is 628 g/mol. The summed E-state index contributed by atoms with van der Waals surface area (Å²) >= 11 is 0. The summed E-state index contributed by atoms with van der Waals surface area (Å²) in [4.78, 5) is 22.8. The number of ether oxygens (including phenoxy) is 5. The van der Waals surface area contributed by atoms with Crippen LogP contribution in [-0.2, 0) is 31.9 Å². The number of phenolic OH excluding ortho intramolecular Hbond substituents is 1. The molecule has 2 unspecified atom stereocenters. The van der Waals surface area contributed by atoms with Gasteiger partial charge in [0.2, 0.25) is 12.6 Å². The molecular formula is C31H40O16. The molecule has 16 nitrogen and oxygen atoms in total. The van der Waals surface area contributed by atoms with Crippen LogP contribution in [0.15, 0.2) is 36.4 Å². The quantitative estimate of drug-likeness (QED) is 0.131. The third-order valence-electron chi connectivity index (χ3n) is 8.45. The molecule has 2 aliphatic heterocycles. The third kappa shape index (κ3) is 8.05. The summed E-state index contributed by atoms with van der Waals surface area (Å²) in [6.45, 7) is 4.01. The fourth-order valence-corrected chi connectivity index (χ4v) is 5.42. The van der Waals surface area contributed by atoms with Gasteiger partial charge in [0.25, 0.3) is 0 Å². The van der Waals surface area contributed by atoms with Gasteiger partial charge in [0, 0.05) is 0 Å². The Morgan fingerprint density at radius 2 is 1.09 bits per heavy atom. The van der Waals surface area contributed by atoms with Crippen molar-refractivity contribution in [1.29, 1.82) is 0 Å². The Bertz CT molecular complexity index is 1400. The standard InChI is InChI=1S/C31H40O16/c1-12(8-14-4-6-17(16(32)10-14)44-30-24(37)20(33)22(35)26(46-30)28(39)40)13(2)9-15-5-7-18(43-3)19(11-15)45-31-25(38)21(34)23(36)27(47-31)29(41)42/h4-7,10-13,20-27,30-38H,8-9H2,1-3H3,(H,39,40)(H,41,42)/t12?,13?,20-,21-,22-,23-,24+,25+,26-,27-,30+,31+/m1/s1. The average molecular weight is 669 g/mol. The molecule has 4 rings (SSSR count). The van der Waals surface area contributed by atoms with Crippen molar-refractivity contribution >= 4 is 11.9 Å². The molecule has 2 saturated heterocycles. The number of carboxylic acid groups (broad SMARTS) is 2. The Hall–Kier alpha value is -3.74. The van der Waals surface area contributed by atoms with E-state index >= 15 is 0 Å². The Morgan fingerprint density at radius 3 is 1.51 bits per heavy atom. The van der Waals surface area contributed by atoms with Crippen LogP contribution in [0.25, 0.3) is 0 Å². The van der Waals surface area contributed by atoms with Crippen LogP contribution in [-0.4, -0.2) is 126 Å². The zero-order valence-electron chi connectivity index (χ0n) is 25.7. The lowest BCUT2D eigenvalue weighted by atomic mass is 9.85. The van der Waals surface area contributed by atoms with Gasteiger partial charge in [0.15, 0.2) is 35.2 Å². The van der Waals surface area contributed by atoms with Crippen molar-refractivity contribution in [2.24, 2.45) is 11.8 Å². The van der Waals surface area contributed by atoms with Crippen molar-refractivity contribution in [2.45, 2.75) is 88.1 Å². The van der Waals surface area contributed by atoms with E-state index in [1.165, 1.54) is 19.2 Å². The van der Waals surface area contributed by atoms with Crippen LogP contribution in [0.4, 0.5) is 0 Å². The lowest BCUT2D eigenvalue weighted by Crippen LogP contribution is -2.61. The largest absolute Gasteiger partial charge is 0.504 e. The van der Waals surface area contributed by atoms with Gasteiger partial charge in [-0.25, -0.2) is 9.59 Å². The number of aromatic hydroxyl groups is 1. The van der Waals surface area contributed by atoms with Gasteiger partial charge in [-0.15, -0.1) is 0 Å². The number of carboxylic acids is 2. The maximum Gasteiger partial charge on any atom is 0.335 e. The fourth-order valence-electron chi connectivity index (χ4n) is 5.42. The number of hydrogen-bond acceptors (Lipinski definition) is 14. The number of methoxy groups -OCH3 is 1. The molecule has 0 spiro atoms. The summed E-state index contributed by atoms with van der Waals surface area (Å²) in [5.41, 5.74) is 1.53. The zero-order valence-corrected chi connectivity index (χ0v) is 25.7. The van der Waals surface area contributed by atoms with E-state index in [4.69, 9.17) is 23.7 Å². The highest BCUT2D eigenvalue weighted by atomic mass is 16.7. The maximum atomic E-state index is 11.5. The van der Waals surface area contributed by atoms with Gasteiger partial charge >= 0.3 is 11.9 Å². The van der Waals surface area contributed by atoms with Crippen LogP contribution in [0.1, 0.15) is 25.0 Å². The molecule has 0 radical (unpaired) electrons. The van der Waals surface area contributed by atoms with E-state index in [1.54, 1.807) is 24.3 Å². The van der Waals surface area contributed by atoms with Gasteiger partial charge in [-0.05, 0) is 60.1 Å². The average Bonchev–Trinajstić information content (AvgIpc) is 3.02. The second kappa shape index (κ2) is 15.0. The first-order valence-electron chi connectivity index (χ1n) is 14.8. The van der Waals surface area contributed by atoms with Crippen molar-refractivity contribution in [2.75, 3.05) is 7.11 Å². The van der Waals surface area contributed by atoms with Gasteiger partial charge in [0.05, 0.1) is 7.11 Å². The fraction of sp³-hybridized carbons (Fsp3) is 0.548. The Balaban J connectivity index is 1.40. The van der Waals surface area contributed by atoms with Gasteiger partial charge in [0.1, 0.15) is 36.6 Å². The molecule has 0 saturated carbocycles. The first kappa shape index (κ1) is 36.1. The summed E-state index contributed by atoms with van der Waals surface area (Å²) in [6, 6.07) is 9.58. The van der Waals surface area contributed by atoms with E-state index in [1.807, 2.05) is 13.8 Å². The molecule has 0 aliphatic carbocycles. The second-order valence-corrected chi connectivity index (χ2v) is 11.9. The number of carbonyl (C=O) groups is 2. The molecule has 2 aliphatic rings. The van der Waals surface area contributed by atoms with Crippen molar-refractivity contribution in [3.05, 3.63) is 47.5 Å². The summed E-state index contributed by atoms with van der Waals surface area (Å²) in [5, 5.41) is 89.6. The van der Waals surface area contributed by atoms with Crippen molar-refractivity contribution in [3.63, 3.8) is 0 Å².